The van der Waals surface area contributed by atoms with Gasteiger partial charge in [0.05, 0.1) is 12.7 Å². The van der Waals surface area contributed by atoms with Crippen LogP contribution in [0.5, 0.6) is 5.75 Å². The Labute approximate surface area is 185 Å². The third kappa shape index (κ3) is 6.66. The lowest BCUT2D eigenvalue weighted by molar-refractivity contribution is 0.0522. The fourth-order valence-corrected chi connectivity index (χ4v) is 3.50. The smallest absolute Gasteiger partial charge is 0.125 e. The van der Waals surface area contributed by atoms with Crippen molar-refractivity contribution in [1.82, 2.24) is 4.90 Å². The fraction of sp³-hybridized carbons (Fsp3) is 0.333. The quantitative estimate of drug-likeness (QED) is 0.507. The largest absolute Gasteiger partial charge is 0.489 e. The minimum absolute atomic E-state index is 0.102. The molecule has 2 N–H and O–H groups in total. The summed E-state index contributed by atoms with van der Waals surface area (Å²) in [4.78, 5) is 2.27. The highest BCUT2D eigenvalue weighted by Gasteiger charge is 2.25. The van der Waals surface area contributed by atoms with Gasteiger partial charge in [0.2, 0.25) is 0 Å². The summed E-state index contributed by atoms with van der Waals surface area (Å²) < 4.78 is 5.91. The van der Waals surface area contributed by atoms with Crippen molar-refractivity contribution in [2.24, 2.45) is 0 Å². The van der Waals surface area contributed by atoms with E-state index in [4.69, 9.17) is 4.74 Å². The first kappa shape index (κ1) is 23.0. The summed E-state index contributed by atoms with van der Waals surface area (Å²) in [6, 6.07) is 25.8. The van der Waals surface area contributed by atoms with Gasteiger partial charge in [-0.25, -0.2) is 0 Å². The number of benzene rings is 3. The van der Waals surface area contributed by atoms with Crippen molar-refractivity contribution in [2.75, 3.05) is 6.54 Å². The normalized spacial score (nSPS) is 12.7. The fourth-order valence-electron chi connectivity index (χ4n) is 3.50. The Kier molecular flexibility index (Phi) is 7.85. The Morgan fingerprint density at radius 2 is 1.48 bits per heavy atom. The topological polar surface area (TPSA) is 52.9 Å². The summed E-state index contributed by atoms with van der Waals surface area (Å²) in [5.41, 5.74) is 3.63. The maximum absolute atomic E-state index is 11.0. The predicted octanol–water partition coefficient (Wildman–Crippen LogP) is 5.09. The van der Waals surface area contributed by atoms with Crippen molar-refractivity contribution in [3.63, 3.8) is 0 Å². The zero-order chi connectivity index (χ0) is 22.3. The molecule has 0 aromatic heterocycles. The second kappa shape index (κ2) is 10.6. The van der Waals surface area contributed by atoms with Crippen molar-refractivity contribution in [3.05, 3.63) is 101 Å². The van der Waals surface area contributed by atoms with Gasteiger partial charge in [-0.3, -0.25) is 4.90 Å². The highest BCUT2D eigenvalue weighted by molar-refractivity contribution is 5.38. The Morgan fingerprint density at radius 3 is 2.06 bits per heavy atom. The molecule has 4 heteroatoms. The lowest BCUT2D eigenvalue weighted by atomic mass is 10.00. The number of hydrogen-bond acceptors (Lipinski definition) is 4. The molecule has 0 aliphatic heterocycles. The summed E-state index contributed by atoms with van der Waals surface area (Å²) in [5, 5.41) is 20.8. The Balaban J connectivity index is 1.71. The van der Waals surface area contributed by atoms with Gasteiger partial charge in [0.25, 0.3) is 0 Å². The number of β-amino-alcohol motifs (C(OH)–C–C–N with tert-alkyl or cyclic N) is 1. The molecule has 0 radical (unpaired) electrons. The van der Waals surface area contributed by atoms with Gasteiger partial charge >= 0.3 is 0 Å². The van der Waals surface area contributed by atoms with Crippen LogP contribution >= 0.6 is 0 Å². The molecule has 0 fully saturated rings. The van der Waals surface area contributed by atoms with Crippen LogP contribution in [0.3, 0.4) is 0 Å². The first-order valence-corrected chi connectivity index (χ1v) is 10.7. The number of rotatable bonds is 9. The van der Waals surface area contributed by atoms with Gasteiger partial charge in [0.15, 0.2) is 0 Å². The van der Waals surface area contributed by atoms with Gasteiger partial charge in [-0.1, -0.05) is 66.7 Å². The highest BCUT2D eigenvalue weighted by Crippen LogP contribution is 2.27. The van der Waals surface area contributed by atoms with Crippen molar-refractivity contribution in [2.45, 2.75) is 52.2 Å². The molecule has 164 valence electrons. The lowest BCUT2D eigenvalue weighted by Crippen LogP contribution is -2.43. The van der Waals surface area contributed by atoms with Gasteiger partial charge in [0.1, 0.15) is 12.4 Å². The minimum Gasteiger partial charge on any atom is -0.489 e. The maximum Gasteiger partial charge on any atom is 0.125 e. The van der Waals surface area contributed by atoms with Gasteiger partial charge in [0, 0.05) is 24.2 Å². The van der Waals surface area contributed by atoms with E-state index >= 15 is 0 Å². The van der Waals surface area contributed by atoms with Gasteiger partial charge in [-0.05, 0) is 49.6 Å². The molecule has 31 heavy (non-hydrogen) atoms. The predicted molar refractivity (Wildman–Crippen MR) is 125 cm³/mol. The average Bonchev–Trinajstić information content (AvgIpc) is 2.78. The van der Waals surface area contributed by atoms with Gasteiger partial charge < -0.3 is 14.9 Å². The molecule has 0 bridgehead atoms. The van der Waals surface area contributed by atoms with Gasteiger partial charge in [-0.15, -0.1) is 0 Å². The molecule has 0 amide bonds. The number of aliphatic hydroxyl groups is 2. The summed E-state index contributed by atoms with van der Waals surface area (Å²) >= 11 is 0. The van der Waals surface area contributed by atoms with Crippen LogP contribution in [-0.4, -0.2) is 27.2 Å². The Bertz CT molecular complexity index is 936. The van der Waals surface area contributed by atoms with Crippen LogP contribution in [0.25, 0.3) is 0 Å². The SMILES string of the molecule is CC(C)(C)N(Cc1ccccc1)CC(O)c1ccc(OCc2ccccc2)c(CO)c1. The van der Waals surface area contributed by atoms with Crippen LogP contribution in [-0.2, 0) is 19.8 Å². The molecule has 3 aromatic carbocycles. The van der Waals surface area contributed by atoms with Crippen LogP contribution in [0.4, 0.5) is 0 Å². The highest BCUT2D eigenvalue weighted by atomic mass is 16.5. The van der Waals surface area contributed by atoms with E-state index in [1.807, 2.05) is 66.7 Å². The third-order valence-corrected chi connectivity index (χ3v) is 5.44. The van der Waals surface area contributed by atoms with E-state index in [2.05, 4.69) is 37.8 Å². The molecule has 0 heterocycles. The molecule has 1 unspecified atom stereocenters. The van der Waals surface area contributed by atoms with Crippen molar-refractivity contribution >= 4 is 0 Å². The molecular weight excluding hydrogens is 386 g/mol. The van der Waals surface area contributed by atoms with Crippen LogP contribution in [0, 0.1) is 0 Å². The summed E-state index contributed by atoms with van der Waals surface area (Å²) in [5.74, 6) is 0.638. The van der Waals surface area contributed by atoms with Crippen LogP contribution in [0.15, 0.2) is 78.9 Å². The zero-order valence-corrected chi connectivity index (χ0v) is 18.7. The molecule has 1 atom stereocenters. The first-order valence-electron chi connectivity index (χ1n) is 10.7. The molecular formula is C27H33NO3. The number of ether oxygens (including phenoxy) is 1. The molecule has 0 aliphatic rings. The molecule has 0 saturated heterocycles. The molecule has 0 spiro atoms. The summed E-state index contributed by atoms with van der Waals surface area (Å²) in [6.45, 7) is 8.01. The summed E-state index contributed by atoms with van der Waals surface area (Å²) in [7, 11) is 0. The van der Waals surface area contributed by atoms with Crippen LogP contribution in [0.1, 0.15) is 49.1 Å². The van der Waals surface area contributed by atoms with Crippen molar-refractivity contribution in [3.8, 4) is 5.75 Å². The van der Waals surface area contributed by atoms with E-state index in [1.165, 1.54) is 5.56 Å². The molecule has 0 saturated carbocycles. The lowest BCUT2D eigenvalue weighted by Gasteiger charge is -2.37. The Hall–Kier alpha value is -2.66. The second-order valence-corrected chi connectivity index (χ2v) is 8.85. The minimum atomic E-state index is -0.670. The monoisotopic (exact) mass is 419 g/mol. The van der Waals surface area contributed by atoms with Crippen LogP contribution in [0.2, 0.25) is 0 Å². The Morgan fingerprint density at radius 1 is 0.871 bits per heavy atom. The second-order valence-electron chi connectivity index (χ2n) is 8.85. The van der Waals surface area contributed by atoms with E-state index in [9.17, 15) is 10.2 Å². The zero-order valence-electron chi connectivity index (χ0n) is 18.7. The number of nitrogens with zero attached hydrogens (tertiary/aromatic N) is 1. The molecule has 4 nitrogen and oxygen atoms in total. The standard InChI is InChI=1S/C27H33NO3/c1-27(2,3)28(17-21-10-6-4-7-11-21)18-25(30)23-14-15-26(24(16-23)19-29)31-20-22-12-8-5-9-13-22/h4-16,25,29-30H,17-20H2,1-3H3. The van der Waals surface area contributed by atoms with E-state index in [0.717, 1.165) is 17.7 Å². The van der Waals surface area contributed by atoms with E-state index in [1.54, 1.807) is 0 Å². The number of aliphatic hydroxyl groups excluding tert-OH is 2. The third-order valence-electron chi connectivity index (χ3n) is 5.44. The maximum atomic E-state index is 11.0. The van der Waals surface area contributed by atoms with E-state index < -0.39 is 6.10 Å². The van der Waals surface area contributed by atoms with Crippen molar-refractivity contribution < 1.29 is 14.9 Å². The molecule has 3 aromatic rings. The molecule has 3 rings (SSSR count). The first-order chi connectivity index (χ1) is 14.9. The summed E-state index contributed by atoms with van der Waals surface area (Å²) in [6.07, 6.45) is -0.670. The van der Waals surface area contributed by atoms with E-state index in [-0.39, 0.29) is 12.1 Å². The van der Waals surface area contributed by atoms with E-state index in [0.29, 0.717) is 24.5 Å². The number of hydrogen-bond donors (Lipinski definition) is 2. The van der Waals surface area contributed by atoms with Crippen LogP contribution < -0.4 is 4.74 Å². The average molecular weight is 420 g/mol. The van der Waals surface area contributed by atoms with Crippen molar-refractivity contribution in [1.29, 1.82) is 0 Å². The van der Waals surface area contributed by atoms with Gasteiger partial charge in [-0.2, -0.15) is 0 Å². The molecule has 0 aliphatic carbocycles.